The number of anilines is 1. The molecule has 4 heteroatoms. The minimum atomic E-state index is 0.586. The molecule has 0 bridgehead atoms. The van der Waals surface area contributed by atoms with Crippen LogP contribution in [0, 0.1) is 6.92 Å². The Balaban J connectivity index is 1.95. The Morgan fingerprint density at radius 2 is 2.50 bits per heavy atom. The largest absolute Gasteiger partial charge is 0.366 e. The number of hydrogen-bond donors (Lipinski definition) is 1. The van der Waals surface area contributed by atoms with Crippen molar-refractivity contribution in [1.82, 2.24) is 9.97 Å². The van der Waals surface area contributed by atoms with E-state index in [1.807, 2.05) is 24.8 Å². The normalized spacial score (nSPS) is 21.9. The lowest BCUT2D eigenvalue weighted by atomic mass is 10.2. The molecular formula is C10H15N3S. The lowest BCUT2D eigenvalue weighted by molar-refractivity contribution is 0.681. The fourth-order valence-electron chi connectivity index (χ4n) is 1.60. The van der Waals surface area contributed by atoms with Gasteiger partial charge in [-0.3, -0.25) is 0 Å². The number of nitrogens with zero attached hydrogens (tertiary/aromatic N) is 2. The average molecular weight is 209 g/mol. The van der Waals surface area contributed by atoms with E-state index in [1.54, 1.807) is 6.20 Å². The lowest BCUT2D eigenvalue weighted by Gasteiger charge is -2.22. The van der Waals surface area contributed by atoms with Crippen LogP contribution in [0.25, 0.3) is 0 Å². The van der Waals surface area contributed by atoms with Gasteiger partial charge in [0.25, 0.3) is 0 Å². The van der Waals surface area contributed by atoms with Crippen LogP contribution in [0.15, 0.2) is 12.3 Å². The molecule has 2 rings (SSSR count). The number of thioether (sulfide) groups is 1. The third kappa shape index (κ3) is 2.61. The van der Waals surface area contributed by atoms with Crippen LogP contribution in [0.2, 0.25) is 0 Å². The molecule has 1 fully saturated rings. The van der Waals surface area contributed by atoms with Crippen molar-refractivity contribution in [3.05, 3.63) is 18.1 Å². The van der Waals surface area contributed by atoms with Gasteiger partial charge in [-0.1, -0.05) is 0 Å². The van der Waals surface area contributed by atoms with Gasteiger partial charge >= 0.3 is 0 Å². The first-order valence-corrected chi connectivity index (χ1v) is 6.14. The fourth-order valence-corrected chi connectivity index (χ4v) is 2.67. The molecule has 2 heterocycles. The summed E-state index contributed by atoms with van der Waals surface area (Å²) in [5, 5.41) is 3.45. The minimum Gasteiger partial charge on any atom is -0.366 e. The van der Waals surface area contributed by atoms with Crippen LogP contribution in [0.4, 0.5) is 5.82 Å². The molecule has 76 valence electrons. The monoisotopic (exact) mass is 209 g/mol. The molecular weight excluding hydrogens is 194 g/mol. The summed E-state index contributed by atoms with van der Waals surface area (Å²) < 4.78 is 0. The number of rotatable bonds is 2. The Kier molecular flexibility index (Phi) is 3.24. The van der Waals surface area contributed by atoms with Gasteiger partial charge in [0, 0.05) is 18.0 Å². The summed E-state index contributed by atoms with van der Waals surface area (Å²) >= 11 is 2.02. The smallest absolute Gasteiger partial charge is 0.129 e. The maximum atomic E-state index is 4.34. The second-order valence-electron chi connectivity index (χ2n) is 3.55. The molecule has 1 atom stereocenters. The van der Waals surface area contributed by atoms with E-state index in [-0.39, 0.29) is 0 Å². The molecule has 0 saturated carbocycles. The standard InChI is InChI=1S/C10H15N3S/c1-8-11-5-4-10(12-8)13-9-3-2-6-14-7-9/h4-5,9H,2-3,6-7H2,1H3,(H,11,12,13). The van der Waals surface area contributed by atoms with Crippen molar-refractivity contribution in [3.63, 3.8) is 0 Å². The predicted molar refractivity (Wildman–Crippen MR) is 60.7 cm³/mol. The van der Waals surface area contributed by atoms with E-state index < -0.39 is 0 Å². The number of aromatic nitrogens is 2. The number of aryl methyl sites for hydroxylation is 1. The third-order valence-corrected chi connectivity index (χ3v) is 3.50. The van der Waals surface area contributed by atoms with E-state index in [4.69, 9.17) is 0 Å². The quantitative estimate of drug-likeness (QED) is 0.809. The molecule has 1 unspecified atom stereocenters. The van der Waals surface area contributed by atoms with Crippen LogP contribution in [-0.2, 0) is 0 Å². The van der Waals surface area contributed by atoms with Gasteiger partial charge in [0.1, 0.15) is 11.6 Å². The van der Waals surface area contributed by atoms with Crippen molar-refractivity contribution in [2.24, 2.45) is 0 Å². The van der Waals surface area contributed by atoms with Crippen LogP contribution in [0.5, 0.6) is 0 Å². The summed E-state index contributed by atoms with van der Waals surface area (Å²) in [7, 11) is 0. The minimum absolute atomic E-state index is 0.586. The van der Waals surface area contributed by atoms with Crippen molar-refractivity contribution in [3.8, 4) is 0 Å². The fraction of sp³-hybridized carbons (Fsp3) is 0.600. The molecule has 0 spiro atoms. The Morgan fingerprint density at radius 3 is 3.21 bits per heavy atom. The highest BCUT2D eigenvalue weighted by Gasteiger charge is 2.13. The highest BCUT2D eigenvalue weighted by atomic mass is 32.2. The highest BCUT2D eigenvalue weighted by molar-refractivity contribution is 7.99. The Labute approximate surface area is 88.7 Å². The second kappa shape index (κ2) is 4.64. The van der Waals surface area contributed by atoms with Gasteiger partial charge in [-0.05, 0) is 31.6 Å². The molecule has 1 aromatic heterocycles. The first kappa shape index (κ1) is 9.77. The lowest BCUT2D eigenvalue weighted by Crippen LogP contribution is -2.26. The molecule has 1 aliphatic heterocycles. The van der Waals surface area contributed by atoms with Gasteiger partial charge in [0.15, 0.2) is 0 Å². The number of nitrogens with one attached hydrogen (secondary N) is 1. The van der Waals surface area contributed by atoms with Crippen molar-refractivity contribution >= 4 is 17.6 Å². The maximum absolute atomic E-state index is 4.34. The Hall–Kier alpha value is -0.770. The Bertz CT molecular complexity index is 297. The van der Waals surface area contributed by atoms with E-state index in [2.05, 4.69) is 15.3 Å². The van der Waals surface area contributed by atoms with Gasteiger partial charge in [0.05, 0.1) is 0 Å². The van der Waals surface area contributed by atoms with Crippen LogP contribution >= 0.6 is 11.8 Å². The summed E-state index contributed by atoms with van der Waals surface area (Å²) in [6, 6.07) is 2.52. The van der Waals surface area contributed by atoms with Crippen LogP contribution in [0.1, 0.15) is 18.7 Å². The second-order valence-corrected chi connectivity index (χ2v) is 4.70. The molecule has 14 heavy (non-hydrogen) atoms. The first-order chi connectivity index (χ1) is 6.84. The molecule has 3 nitrogen and oxygen atoms in total. The zero-order chi connectivity index (χ0) is 9.80. The van der Waals surface area contributed by atoms with Gasteiger partial charge in [-0.2, -0.15) is 11.8 Å². The zero-order valence-electron chi connectivity index (χ0n) is 8.36. The predicted octanol–water partition coefficient (Wildman–Crippen LogP) is 2.09. The summed E-state index contributed by atoms with van der Waals surface area (Å²) in [5.74, 6) is 4.30. The van der Waals surface area contributed by atoms with Gasteiger partial charge in [-0.15, -0.1) is 0 Å². The topological polar surface area (TPSA) is 37.8 Å². The van der Waals surface area contributed by atoms with Crippen LogP contribution in [0.3, 0.4) is 0 Å². The maximum Gasteiger partial charge on any atom is 0.129 e. The van der Waals surface area contributed by atoms with E-state index in [1.165, 1.54) is 24.3 Å². The summed E-state index contributed by atoms with van der Waals surface area (Å²) in [4.78, 5) is 8.41. The molecule has 1 aliphatic rings. The van der Waals surface area contributed by atoms with Gasteiger partial charge < -0.3 is 5.32 Å². The molecule has 0 radical (unpaired) electrons. The van der Waals surface area contributed by atoms with E-state index in [0.29, 0.717) is 6.04 Å². The van der Waals surface area contributed by atoms with Crippen molar-refractivity contribution in [2.45, 2.75) is 25.8 Å². The third-order valence-electron chi connectivity index (χ3n) is 2.29. The average Bonchev–Trinajstić information content (AvgIpc) is 2.19. The van der Waals surface area contributed by atoms with E-state index in [9.17, 15) is 0 Å². The van der Waals surface area contributed by atoms with E-state index in [0.717, 1.165) is 11.6 Å². The summed E-state index contributed by atoms with van der Waals surface area (Å²) in [6.07, 6.45) is 4.38. The zero-order valence-corrected chi connectivity index (χ0v) is 9.18. The van der Waals surface area contributed by atoms with Crippen molar-refractivity contribution in [1.29, 1.82) is 0 Å². The SMILES string of the molecule is Cc1nccc(NC2CCCSC2)n1. The van der Waals surface area contributed by atoms with Gasteiger partial charge in [0.2, 0.25) is 0 Å². The molecule has 0 aliphatic carbocycles. The van der Waals surface area contributed by atoms with Crippen molar-refractivity contribution < 1.29 is 0 Å². The van der Waals surface area contributed by atoms with E-state index >= 15 is 0 Å². The van der Waals surface area contributed by atoms with Crippen LogP contribution in [-0.4, -0.2) is 27.5 Å². The molecule has 1 saturated heterocycles. The molecule has 0 aromatic carbocycles. The molecule has 1 N–H and O–H groups in total. The highest BCUT2D eigenvalue weighted by Crippen LogP contribution is 2.19. The summed E-state index contributed by atoms with van der Waals surface area (Å²) in [6.45, 7) is 1.92. The van der Waals surface area contributed by atoms with Crippen molar-refractivity contribution in [2.75, 3.05) is 16.8 Å². The number of hydrogen-bond acceptors (Lipinski definition) is 4. The van der Waals surface area contributed by atoms with Crippen LogP contribution < -0.4 is 5.32 Å². The van der Waals surface area contributed by atoms with Gasteiger partial charge in [-0.25, -0.2) is 9.97 Å². The first-order valence-electron chi connectivity index (χ1n) is 4.98. The molecule has 1 aromatic rings. The Morgan fingerprint density at radius 1 is 1.57 bits per heavy atom. The summed E-state index contributed by atoms with van der Waals surface area (Å²) in [5.41, 5.74) is 0. The molecule has 0 amide bonds.